The molecule has 0 aromatic carbocycles. The molecule has 1 aromatic rings. The van der Waals surface area contributed by atoms with Gasteiger partial charge < -0.3 is 10.6 Å². The van der Waals surface area contributed by atoms with E-state index in [1.165, 1.54) is 6.33 Å². The quantitative estimate of drug-likeness (QED) is 0.899. The predicted molar refractivity (Wildman–Crippen MR) is 66.8 cm³/mol. The number of nitrogens with two attached hydrogens (primary N) is 1. The Balaban J connectivity index is 2.25. The van der Waals surface area contributed by atoms with Gasteiger partial charge in [-0.1, -0.05) is 6.92 Å². The third-order valence-electron chi connectivity index (χ3n) is 3.49. The number of halogens is 3. The fourth-order valence-electron chi connectivity index (χ4n) is 2.46. The summed E-state index contributed by atoms with van der Waals surface area (Å²) in [4.78, 5) is 9.69. The van der Waals surface area contributed by atoms with Crippen molar-refractivity contribution in [2.75, 3.05) is 23.7 Å². The van der Waals surface area contributed by atoms with Crippen LogP contribution < -0.4 is 10.6 Å². The summed E-state index contributed by atoms with van der Waals surface area (Å²) in [5.41, 5.74) is 6.49. The van der Waals surface area contributed by atoms with E-state index in [4.69, 9.17) is 5.73 Å². The van der Waals surface area contributed by atoms with Crippen LogP contribution in [0.4, 0.5) is 24.8 Å². The number of rotatable bonds is 2. The number of hydrogen-bond donors (Lipinski definition) is 1. The van der Waals surface area contributed by atoms with E-state index in [0.717, 1.165) is 5.56 Å². The highest BCUT2D eigenvalue weighted by atomic mass is 19.4. The lowest BCUT2D eigenvalue weighted by atomic mass is 9.97. The molecule has 2 rings (SSSR count). The van der Waals surface area contributed by atoms with Gasteiger partial charge in [-0.3, -0.25) is 0 Å². The summed E-state index contributed by atoms with van der Waals surface area (Å²) >= 11 is 0. The molecule has 1 saturated heterocycles. The van der Waals surface area contributed by atoms with Crippen molar-refractivity contribution in [3.05, 3.63) is 11.9 Å². The number of nitrogen functional groups attached to an aromatic ring is 1. The van der Waals surface area contributed by atoms with Crippen LogP contribution in [0.15, 0.2) is 6.33 Å². The summed E-state index contributed by atoms with van der Waals surface area (Å²) in [6.07, 6.45) is -1.54. The minimum Gasteiger partial charge on any atom is -0.383 e. The van der Waals surface area contributed by atoms with Crippen molar-refractivity contribution in [3.63, 3.8) is 0 Å². The Bertz CT molecular complexity index is 447. The van der Waals surface area contributed by atoms with Crippen LogP contribution in [0.25, 0.3) is 0 Å². The Morgan fingerprint density at radius 1 is 1.42 bits per heavy atom. The van der Waals surface area contributed by atoms with Gasteiger partial charge in [0.05, 0.1) is 5.92 Å². The van der Waals surface area contributed by atoms with Gasteiger partial charge >= 0.3 is 6.18 Å². The zero-order valence-corrected chi connectivity index (χ0v) is 10.7. The van der Waals surface area contributed by atoms with E-state index in [2.05, 4.69) is 9.97 Å². The lowest BCUT2D eigenvalue weighted by Gasteiger charge is -2.35. The molecule has 0 amide bonds. The Morgan fingerprint density at radius 2 is 2.16 bits per heavy atom. The summed E-state index contributed by atoms with van der Waals surface area (Å²) in [5.74, 6) is -0.396. The van der Waals surface area contributed by atoms with Gasteiger partial charge in [0.15, 0.2) is 0 Å². The topological polar surface area (TPSA) is 55.0 Å². The first-order valence-electron chi connectivity index (χ1n) is 6.34. The largest absolute Gasteiger partial charge is 0.393 e. The fraction of sp³-hybridized carbons (Fsp3) is 0.667. The summed E-state index contributed by atoms with van der Waals surface area (Å²) in [6, 6.07) is 0. The second-order valence-corrected chi connectivity index (χ2v) is 4.74. The maximum absolute atomic E-state index is 12.8. The number of alkyl halides is 3. The first-order chi connectivity index (χ1) is 8.93. The highest BCUT2D eigenvalue weighted by Gasteiger charge is 2.42. The van der Waals surface area contributed by atoms with Gasteiger partial charge in [-0.15, -0.1) is 0 Å². The number of nitrogens with zero attached hydrogens (tertiary/aromatic N) is 3. The van der Waals surface area contributed by atoms with Crippen molar-refractivity contribution in [1.82, 2.24) is 9.97 Å². The number of aromatic nitrogens is 2. The molecule has 1 aliphatic heterocycles. The van der Waals surface area contributed by atoms with E-state index in [1.54, 1.807) is 4.90 Å². The average molecular weight is 274 g/mol. The van der Waals surface area contributed by atoms with Crippen LogP contribution in [0.3, 0.4) is 0 Å². The Kier molecular flexibility index (Phi) is 3.82. The monoisotopic (exact) mass is 274 g/mol. The van der Waals surface area contributed by atoms with Gasteiger partial charge in [0, 0.05) is 18.7 Å². The van der Waals surface area contributed by atoms with Crippen LogP contribution in [0.5, 0.6) is 0 Å². The highest BCUT2D eigenvalue weighted by Crippen LogP contribution is 2.35. The molecule has 106 valence electrons. The molecule has 7 heteroatoms. The second-order valence-electron chi connectivity index (χ2n) is 4.74. The second kappa shape index (κ2) is 5.22. The van der Waals surface area contributed by atoms with Crippen molar-refractivity contribution in [2.45, 2.75) is 32.4 Å². The van der Waals surface area contributed by atoms with Crippen LogP contribution >= 0.6 is 0 Å². The Labute approximate surface area is 109 Å². The van der Waals surface area contributed by atoms with Crippen LogP contribution in [0.1, 0.15) is 25.3 Å². The minimum atomic E-state index is -4.15. The summed E-state index contributed by atoms with van der Waals surface area (Å²) in [6.45, 7) is 2.42. The molecular weight excluding hydrogens is 257 g/mol. The lowest BCUT2D eigenvalue weighted by molar-refractivity contribution is -0.176. The first kappa shape index (κ1) is 13.9. The van der Waals surface area contributed by atoms with E-state index in [9.17, 15) is 13.2 Å². The molecule has 0 bridgehead atoms. The molecule has 2 heterocycles. The van der Waals surface area contributed by atoms with Crippen LogP contribution in [-0.2, 0) is 6.42 Å². The molecule has 2 N–H and O–H groups in total. The van der Waals surface area contributed by atoms with E-state index < -0.39 is 12.1 Å². The third kappa shape index (κ3) is 2.90. The van der Waals surface area contributed by atoms with Gasteiger partial charge in [0.2, 0.25) is 0 Å². The SMILES string of the molecule is CCc1c(N)ncnc1N1CCCC(C(F)(F)F)C1. The number of anilines is 2. The molecule has 4 nitrogen and oxygen atoms in total. The number of piperidine rings is 1. The minimum absolute atomic E-state index is 0.0487. The van der Waals surface area contributed by atoms with Crippen LogP contribution in [0, 0.1) is 5.92 Å². The Morgan fingerprint density at radius 3 is 2.79 bits per heavy atom. The molecule has 0 radical (unpaired) electrons. The van der Waals surface area contributed by atoms with Gasteiger partial charge in [-0.25, -0.2) is 9.97 Å². The highest BCUT2D eigenvalue weighted by molar-refractivity contribution is 5.56. The van der Waals surface area contributed by atoms with E-state index in [0.29, 0.717) is 31.0 Å². The molecule has 0 saturated carbocycles. The van der Waals surface area contributed by atoms with Crippen molar-refractivity contribution in [2.24, 2.45) is 5.92 Å². The van der Waals surface area contributed by atoms with E-state index >= 15 is 0 Å². The van der Waals surface area contributed by atoms with Gasteiger partial charge in [-0.2, -0.15) is 13.2 Å². The predicted octanol–water partition coefficient (Wildman–Crippen LogP) is 2.40. The van der Waals surface area contributed by atoms with Crippen molar-refractivity contribution in [3.8, 4) is 0 Å². The zero-order valence-electron chi connectivity index (χ0n) is 10.7. The molecule has 1 unspecified atom stereocenters. The maximum atomic E-state index is 12.8. The standard InChI is InChI=1S/C12H17F3N4/c1-2-9-10(16)17-7-18-11(9)19-5-3-4-8(6-19)12(13,14)15/h7-8H,2-6H2,1H3,(H2,16,17,18). The van der Waals surface area contributed by atoms with Gasteiger partial charge in [-0.05, 0) is 19.3 Å². The smallest absolute Gasteiger partial charge is 0.383 e. The van der Waals surface area contributed by atoms with Crippen LogP contribution in [0.2, 0.25) is 0 Å². The summed E-state index contributed by atoms with van der Waals surface area (Å²) in [5, 5.41) is 0. The molecule has 1 atom stereocenters. The normalized spacial score (nSPS) is 20.6. The molecular formula is C12H17F3N4. The molecule has 0 spiro atoms. The Hall–Kier alpha value is -1.53. The summed E-state index contributed by atoms with van der Waals surface area (Å²) in [7, 11) is 0. The average Bonchev–Trinajstić information content (AvgIpc) is 2.37. The zero-order chi connectivity index (χ0) is 14.0. The maximum Gasteiger partial charge on any atom is 0.393 e. The third-order valence-corrected chi connectivity index (χ3v) is 3.49. The van der Waals surface area contributed by atoms with E-state index in [-0.39, 0.29) is 13.0 Å². The molecule has 1 aromatic heterocycles. The van der Waals surface area contributed by atoms with Crippen LogP contribution in [-0.4, -0.2) is 29.2 Å². The molecule has 1 aliphatic rings. The van der Waals surface area contributed by atoms with Crippen molar-refractivity contribution < 1.29 is 13.2 Å². The fourth-order valence-corrected chi connectivity index (χ4v) is 2.46. The van der Waals surface area contributed by atoms with E-state index in [1.807, 2.05) is 6.92 Å². The molecule has 19 heavy (non-hydrogen) atoms. The van der Waals surface area contributed by atoms with Crippen molar-refractivity contribution >= 4 is 11.6 Å². The summed E-state index contributed by atoms with van der Waals surface area (Å²) < 4.78 is 38.4. The molecule has 1 fully saturated rings. The van der Waals surface area contributed by atoms with Crippen molar-refractivity contribution in [1.29, 1.82) is 0 Å². The first-order valence-corrected chi connectivity index (χ1v) is 6.34. The number of hydrogen-bond acceptors (Lipinski definition) is 4. The van der Waals surface area contributed by atoms with Gasteiger partial charge in [0.25, 0.3) is 0 Å². The molecule has 0 aliphatic carbocycles. The lowest BCUT2D eigenvalue weighted by Crippen LogP contribution is -2.42. The van der Waals surface area contributed by atoms with Gasteiger partial charge in [0.1, 0.15) is 18.0 Å².